The van der Waals surface area contributed by atoms with Crippen LogP contribution in [0.3, 0.4) is 0 Å². The lowest BCUT2D eigenvalue weighted by atomic mass is 9.94. The van der Waals surface area contributed by atoms with Gasteiger partial charge in [-0.1, -0.05) is 78.6 Å². The normalized spacial score (nSPS) is 14.0. The molecule has 7 nitrogen and oxygen atoms in total. The largest absolute Gasteiger partial charge is 0.444 e. The van der Waals surface area contributed by atoms with Crippen molar-refractivity contribution in [2.75, 3.05) is 6.54 Å². The first-order valence-corrected chi connectivity index (χ1v) is 15.4. The minimum absolute atomic E-state index is 0.141. The fourth-order valence-electron chi connectivity index (χ4n) is 4.69. The molecule has 3 amide bonds. The number of rotatable bonds is 16. The summed E-state index contributed by atoms with van der Waals surface area (Å²) in [6.45, 7) is 20.5. The predicted octanol–water partition coefficient (Wildman–Crippen LogP) is 7.19. The van der Waals surface area contributed by atoms with Gasteiger partial charge in [-0.15, -0.1) is 0 Å². The molecule has 0 fully saturated rings. The maximum atomic E-state index is 14.5. The lowest BCUT2D eigenvalue weighted by Crippen LogP contribution is -2.56. The highest BCUT2D eigenvalue weighted by atomic mass is 16.6. The molecular weight excluding hydrogens is 502 g/mol. The number of nitrogens with one attached hydrogen (secondary N) is 2. The van der Waals surface area contributed by atoms with Crippen LogP contribution in [0.1, 0.15) is 125 Å². The summed E-state index contributed by atoms with van der Waals surface area (Å²) in [7, 11) is 0. The number of benzene rings is 1. The summed E-state index contributed by atoms with van der Waals surface area (Å²) in [5, 5.41) is 5.95. The standard InChI is InChI=1S/C33H57N3O4/c1-11-13-14-21-34-30(37)29(27-19-17-26(12-2)18-20-27)36(25(7)16-15-23(3)4)31(38)28(22-24(5)6)35-32(39)40-33(8,9)10/h17-20,23-25,28-29H,11-16,21-22H2,1-10H3,(H,34,37)(H,35,39). The van der Waals surface area contributed by atoms with Crippen LogP contribution in [-0.2, 0) is 20.7 Å². The van der Waals surface area contributed by atoms with Crippen LogP contribution in [0.15, 0.2) is 24.3 Å². The Morgan fingerprint density at radius 2 is 1.52 bits per heavy atom. The molecule has 0 aliphatic heterocycles. The molecule has 0 bridgehead atoms. The summed E-state index contributed by atoms with van der Waals surface area (Å²) in [6, 6.07) is 6.13. The van der Waals surface area contributed by atoms with Gasteiger partial charge in [0.15, 0.2) is 0 Å². The van der Waals surface area contributed by atoms with Crippen LogP contribution in [0.2, 0.25) is 0 Å². The topological polar surface area (TPSA) is 87.7 Å². The highest BCUT2D eigenvalue weighted by molar-refractivity contribution is 5.92. The second-order valence-corrected chi connectivity index (χ2v) is 12.9. The van der Waals surface area contributed by atoms with Gasteiger partial charge in [-0.05, 0) is 82.8 Å². The Balaban J connectivity index is 3.58. The summed E-state index contributed by atoms with van der Waals surface area (Å²) in [5.41, 5.74) is 1.25. The molecule has 1 rings (SSSR count). The van der Waals surface area contributed by atoms with Crippen LogP contribution in [0.4, 0.5) is 4.79 Å². The third-order valence-electron chi connectivity index (χ3n) is 6.90. The number of alkyl carbamates (subject to hydrolysis) is 1. The maximum absolute atomic E-state index is 14.5. The summed E-state index contributed by atoms with van der Waals surface area (Å²) in [5.74, 6) is 0.146. The molecule has 40 heavy (non-hydrogen) atoms. The minimum Gasteiger partial charge on any atom is -0.444 e. The monoisotopic (exact) mass is 559 g/mol. The molecule has 1 aromatic rings. The van der Waals surface area contributed by atoms with Crippen molar-refractivity contribution in [1.82, 2.24) is 15.5 Å². The fourth-order valence-corrected chi connectivity index (χ4v) is 4.69. The van der Waals surface area contributed by atoms with E-state index < -0.39 is 23.8 Å². The van der Waals surface area contributed by atoms with Crippen LogP contribution in [0, 0.1) is 11.8 Å². The third kappa shape index (κ3) is 12.7. The van der Waals surface area contributed by atoms with E-state index in [9.17, 15) is 14.4 Å². The minimum atomic E-state index is -0.818. The number of aryl methyl sites for hydroxylation is 1. The van der Waals surface area contributed by atoms with Gasteiger partial charge in [0.2, 0.25) is 11.8 Å². The van der Waals surface area contributed by atoms with Crippen molar-refractivity contribution in [3.05, 3.63) is 35.4 Å². The van der Waals surface area contributed by atoms with E-state index in [4.69, 9.17) is 4.74 Å². The number of hydrogen-bond donors (Lipinski definition) is 2. The SMILES string of the molecule is CCCCCNC(=O)C(c1ccc(CC)cc1)N(C(=O)C(CC(C)C)NC(=O)OC(C)(C)C)C(C)CCC(C)C. The van der Waals surface area contributed by atoms with Gasteiger partial charge in [-0.2, -0.15) is 0 Å². The Bertz CT molecular complexity index is 905. The van der Waals surface area contributed by atoms with Gasteiger partial charge in [-0.3, -0.25) is 9.59 Å². The summed E-state index contributed by atoms with van der Waals surface area (Å²) >= 11 is 0. The Kier molecular flexibility index (Phi) is 15.3. The van der Waals surface area contributed by atoms with E-state index >= 15 is 0 Å². The molecule has 0 heterocycles. The average molecular weight is 560 g/mol. The van der Waals surface area contributed by atoms with Gasteiger partial charge >= 0.3 is 6.09 Å². The molecule has 228 valence electrons. The van der Waals surface area contributed by atoms with E-state index in [2.05, 4.69) is 38.3 Å². The third-order valence-corrected chi connectivity index (χ3v) is 6.90. The molecule has 7 heteroatoms. The molecule has 0 aromatic heterocycles. The first kappa shape index (κ1) is 35.5. The first-order valence-electron chi connectivity index (χ1n) is 15.4. The molecule has 3 atom stereocenters. The molecular formula is C33H57N3O4. The van der Waals surface area contributed by atoms with Crippen molar-refractivity contribution in [1.29, 1.82) is 0 Å². The number of ether oxygens (including phenoxy) is 1. The van der Waals surface area contributed by atoms with Crippen molar-refractivity contribution in [3.8, 4) is 0 Å². The highest BCUT2D eigenvalue weighted by Crippen LogP contribution is 2.29. The number of hydrogen-bond acceptors (Lipinski definition) is 4. The molecule has 0 saturated carbocycles. The van der Waals surface area contributed by atoms with Gasteiger partial charge in [0.05, 0.1) is 0 Å². The molecule has 3 unspecified atom stereocenters. The van der Waals surface area contributed by atoms with Crippen LogP contribution < -0.4 is 10.6 Å². The Morgan fingerprint density at radius 3 is 2.02 bits per heavy atom. The number of carbonyl (C=O) groups is 3. The summed E-state index contributed by atoms with van der Waals surface area (Å²) in [6.07, 6.45) is 5.33. The smallest absolute Gasteiger partial charge is 0.408 e. The molecule has 0 saturated heterocycles. The lowest BCUT2D eigenvalue weighted by Gasteiger charge is -2.39. The fraction of sp³-hybridized carbons (Fsp3) is 0.727. The van der Waals surface area contributed by atoms with Crippen LogP contribution in [0.5, 0.6) is 0 Å². The lowest BCUT2D eigenvalue weighted by molar-refractivity contribution is -0.145. The zero-order valence-electron chi connectivity index (χ0n) is 26.9. The van der Waals surface area contributed by atoms with E-state index in [-0.39, 0.29) is 23.8 Å². The second-order valence-electron chi connectivity index (χ2n) is 12.9. The zero-order valence-corrected chi connectivity index (χ0v) is 26.9. The Morgan fingerprint density at radius 1 is 0.900 bits per heavy atom. The van der Waals surface area contributed by atoms with E-state index in [1.165, 1.54) is 5.56 Å². The van der Waals surface area contributed by atoms with E-state index in [0.29, 0.717) is 18.9 Å². The maximum Gasteiger partial charge on any atom is 0.408 e. The number of amides is 3. The van der Waals surface area contributed by atoms with Gasteiger partial charge < -0.3 is 20.3 Å². The number of unbranched alkanes of at least 4 members (excludes halogenated alkanes) is 2. The van der Waals surface area contributed by atoms with Crippen LogP contribution in [0.25, 0.3) is 0 Å². The molecule has 1 aromatic carbocycles. The van der Waals surface area contributed by atoms with Crippen LogP contribution in [-0.4, -0.2) is 47.0 Å². The van der Waals surface area contributed by atoms with Crippen LogP contribution >= 0.6 is 0 Å². The first-order chi connectivity index (χ1) is 18.7. The van der Waals surface area contributed by atoms with E-state index in [1.54, 1.807) is 25.7 Å². The van der Waals surface area contributed by atoms with E-state index in [1.807, 2.05) is 45.0 Å². The van der Waals surface area contributed by atoms with Gasteiger partial charge in [0.25, 0.3) is 0 Å². The number of carbonyl (C=O) groups excluding carboxylic acids is 3. The number of nitrogens with zero attached hydrogens (tertiary/aromatic N) is 1. The molecule has 0 radical (unpaired) electrons. The highest BCUT2D eigenvalue weighted by Gasteiger charge is 2.39. The molecule has 2 N–H and O–H groups in total. The van der Waals surface area contributed by atoms with E-state index in [0.717, 1.165) is 44.1 Å². The van der Waals surface area contributed by atoms with Gasteiger partial charge in [-0.25, -0.2) is 4.79 Å². The summed E-state index contributed by atoms with van der Waals surface area (Å²) < 4.78 is 5.51. The Hall–Kier alpha value is -2.57. The molecule has 0 aliphatic rings. The predicted molar refractivity (Wildman–Crippen MR) is 164 cm³/mol. The van der Waals surface area contributed by atoms with Crippen molar-refractivity contribution < 1.29 is 19.1 Å². The van der Waals surface area contributed by atoms with Gasteiger partial charge in [0, 0.05) is 12.6 Å². The van der Waals surface area contributed by atoms with Crippen molar-refractivity contribution >= 4 is 17.9 Å². The second kappa shape index (κ2) is 17.3. The Labute approximate surface area is 244 Å². The molecule has 0 aliphatic carbocycles. The summed E-state index contributed by atoms with van der Waals surface area (Å²) in [4.78, 5) is 42.9. The van der Waals surface area contributed by atoms with Gasteiger partial charge in [0.1, 0.15) is 17.7 Å². The zero-order chi connectivity index (χ0) is 30.5. The van der Waals surface area contributed by atoms with Crippen molar-refractivity contribution in [2.24, 2.45) is 11.8 Å². The van der Waals surface area contributed by atoms with Crippen molar-refractivity contribution in [2.45, 2.75) is 138 Å². The average Bonchev–Trinajstić information content (AvgIpc) is 2.86. The molecule has 0 spiro atoms. The quantitative estimate of drug-likeness (QED) is 0.210. The van der Waals surface area contributed by atoms with Crippen molar-refractivity contribution in [3.63, 3.8) is 0 Å².